The Balaban J connectivity index is 2.54. The van der Waals surface area contributed by atoms with Crippen molar-refractivity contribution in [3.8, 4) is 0 Å². The van der Waals surface area contributed by atoms with E-state index in [-0.39, 0.29) is 12.7 Å². The van der Waals surface area contributed by atoms with Crippen LogP contribution in [0.3, 0.4) is 0 Å². The summed E-state index contributed by atoms with van der Waals surface area (Å²) >= 11 is 11.8. The van der Waals surface area contributed by atoms with Crippen LogP contribution >= 0.6 is 23.2 Å². The average Bonchev–Trinajstić information content (AvgIpc) is 2.55. The Morgan fingerprint density at radius 1 is 1.46 bits per heavy atom. The minimum Gasteiger partial charge on any atom is -0.393 e. The smallest absolute Gasteiger partial charge is 0.108 e. The fraction of sp³-hybridized carbons (Fsp3) is 0.333. The van der Waals surface area contributed by atoms with Crippen molar-refractivity contribution in [1.82, 2.24) is 0 Å². The average molecular weight is 219 g/mol. The van der Waals surface area contributed by atoms with Gasteiger partial charge in [-0.2, -0.15) is 0 Å². The zero-order valence-corrected chi connectivity index (χ0v) is 8.27. The van der Waals surface area contributed by atoms with Crippen LogP contribution in [0.1, 0.15) is 17.2 Å². The molecule has 1 aromatic carbocycles. The third-order valence-corrected chi connectivity index (χ3v) is 2.97. The molecule has 1 atom stereocenters. The summed E-state index contributed by atoms with van der Waals surface area (Å²) in [7, 11) is 0. The van der Waals surface area contributed by atoms with E-state index >= 15 is 0 Å². The molecule has 2 nitrogen and oxygen atoms in total. The normalized spacial score (nSPS) is 20.4. The van der Waals surface area contributed by atoms with Crippen LogP contribution < -0.4 is 0 Å². The van der Waals surface area contributed by atoms with E-state index in [1.807, 2.05) is 6.07 Å². The fourth-order valence-corrected chi connectivity index (χ4v) is 1.97. The summed E-state index contributed by atoms with van der Waals surface area (Å²) < 4.78 is 5.32. The van der Waals surface area contributed by atoms with E-state index in [1.165, 1.54) is 0 Å². The van der Waals surface area contributed by atoms with Crippen molar-refractivity contribution in [2.24, 2.45) is 0 Å². The number of halogens is 2. The predicted molar refractivity (Wildman–Crippen MR) is 51.1 cm³/mol. The third kappa shape index (κ3) is 1.44. The van der Waals surface area contributed by atoms with Gasteiger partial charge in [-0.3, -0.25) is 0 Å². The minimum absolute atomic E-state index is 0.0624. The molecule has 1 aliphatic heterocycles. The van der Waals surface area contributed by atoms with Gasteiger partial charge in [-0.05, 0) is 11.6 Å². The topological polar surface area (TPSA) is 29.5 Å². The molecule has 0 bridgehead atoms. The SMILES string of the molecule is OCC1OCc2ccc(Cl)c(Cl)c21. The van der Waals surface area contributed by atoms with Gasteiger partial charge >= 0.3 is 0 Å². The Morgan fingerprint density at radius 2 is 2.23 bits per heavy atom. The number of aliphatic hydroxyl groups excluding tert-OH is 1. The molecule has 1 aliphatic rings. The number of hydrogen-bond acceptors (Lipinski definition) is 2. The Labute approximate surface area is 86.0 Å². The summed E-state index contributed by atoms with van der Waals surface area (Å²) in [5.41, 5.74) is 1.84. The fourth-order valence-electron chi connectivity index (χ4n) is 1.50. The van der Waals surface area contributed by atoms with Crippen LogP contribution in [0.15, 0.2) is 12.1 Å². The standard InChI is InChI=1S/C9H8Cl2O2/c10-6-2-1-5-4-13-7(3-12)8(5)9(6)11/h1-2,7,12H,3-4H2. The Bertz CT molecular complexity index is 339. The molecule has 70 valence electrons. The summed E-state index contributed by atoms with van der Waals surface area (Å²) in [6.07, 6.45) is -0.318. The molecule has 0 radical (unpaired) electrons. The van der Waals surface area contributed by atoms with Crippen LogP contribution in [-0.4, -0.2) is 11.7 Å². The van der Waals surface area contributed by atoms with E-state index in [1.54, 1.807) is 6.07 Å². The molecule has 13 heavy (non-hydrogen) atoms. The highest BCUT2D eigenvalue weighted by molar-refractivity contribution is 6.42. The number of ether oxygens (including phenoxy) is 1. The molecule has 0 aromatic heterocycles. The Hall–Kier alpha value is -0.280. The summed E-state index contributed by atoms with van der Waals surface area (Å²) in [6, 6.07) is 3.62. The summed E-state index contributed by atoms with van der Waals surface area (Å²) in [4.78, 5) is 0. The largest absolute Gasteiger partial charge is 0.393 e. The van der Waals surface area contributed by atoms with Crippen LogP contribution in [0.5, 0.6) is 0 Å². The lowest BCUT2D eigenvalue weighted by Crippen LogP contribution is -2.01. The van der Waals surface area contributed by atoms with Crippen LogP contribution in [-0.2, 0) is 11.3 Å². The van der Waals surface area contributed by atoms with Crippen LogP contribution in [0.2, 0.25) is 10.0 Å². The Kier molecular flexibility index (Phi) is 2.47. The van der Waals surface area contributed by atoms with Gasteiger partial charge in [0.25, 0.3) is 0 Å². The predicted octanol–water partition coefficient (Wildman–Crippen LogP) is 2.56. The number of benzene rings is 1. The highest BCUT2D eigenvalue weighted by atomic mass is 35.5. The van der Waals surface area contributed by atoms with Crippen LogP contribution in [0.4, 0.5) is 0 Å². The first-order chi connectivity index (χ1) is 6.24. The molecule has 1 unspecified atom stereocenters. The van der Waals surface area contributed by atoms with Gasteiger partial charge in [0.1, 0.15) is 6.10 Å². The van der Waals surface area contributed by atoms with E-state index in [9.17, 15) is 0 Å². The van der Waals surface area contributed by atoms with E-state index in [0.29, 0.717) is 16.7 Å². The zero-order chi connectivity index (χ0) is 9.42. The van der Waals surface area contributed by atoms with Gasteiger partial charge in [-0.1, -0.05) is 29.3 Å². The molecule has 2 rings (SSSR count). The van der Waals surface area contributed by atoms with Gasteiger partial charge in [0.15, 0.2) is 0 Å². The van der Waals surface area contributed by atoms with E-state index in [0.717, 1.165) is 11.1 Å². The maximum absolute atomic E-state index is 9.00. The lowest BCUT2D eigenvalue weighted by atomic mass is 10.1. The number of rotatable bonds is 1. The molecule has 1 N–H and O–H groups in total. The van der Waals surface area contributed by atoms with Crippen molar-refractivity contribution in [3.05, 3.63) is 33.3 Å². The van der Waals surface area contributed by atoms with Crippen molar-refractivity contribution < 1.29 is 9.84 Å². The molecule has 0 saturated heterocycles. The van der Waals surface area contributed by atoms with E-state index < -0.39 is 0 Å². The lowest BCUT2D eigenvalue weighted by Gasteiger charge is -2.09. The van der Waals surface area contributed by atoms with Crippen molar-refractivity contribution >= 4 is 23.2 Å². The summed E-state index contributed by atoms with van der Waals surface area (Å²) in [5, 5.41) is 10.0. The zero-order valence-electron chi connectivity index (χ0n) is 6.76. The molecular weight excluding hydrogens is 211 g/mol. The highest BCUT2D eigenvalue weighted by Gasteiger charge is 2.26. The van der Waals surface area contributed by atoms with Crippen molar-refractivity contribution in [2.75, 3.05) is 6.61 Å². The summed E-state index contributed by atoms with van der Waals surface area (Å²) in [6.45, 7) is 0.435. The van der Waals surface area contributed by atoms with Gasteiger partial charge in [0.05, 0.1) is 23.3 Å². The molecule has 0 spiro atoms. The second-order valence-corrected chi connectivity index (χ2v) is 3.70. The molecule has 1 aromatic rings. The maximum atomic E-state index is 9.00. The van der Waals surface area contributed by atoms with Gasteiger partial charge in [-0.25, -0.2) is 0 Å². The van der Waals surface area contributed by atoms with Crippen LogP contribution in [0, 0.1) is 0 Å². The molecule has 1 heterocycles. The van der Waals surface area contributed by atoms with Crippen LogP contribution in [0.25, 0.3) is 0 Å². The highest BCUT2D eigenvalue weighted by Crippen LogP contribution is 2.39. The number of hydrogen-bond donors (Lipinski definition) is 1. The lowest BCUT2D eigenvalue weighted by molar-refractivity contribution is 0.0234. The molecule has 0 fully saturated rings. The van der Waals surface area contributed by atoms with Gasteiger partial charge < -0.3 is 9.84 Å². The summed E-state index contributed by atoms with van der Waals surface area (Å²) in [5.74, 6) is 0. The first-order valence-corrected chi connectivity index (χ1v) is 4.69. The molecule has 4 heteroatoms. The van der Waals surface area contributed by atoms with Gasteiger partial charge in [-0.15, -0.1) is 0 Å². The molecule has 0 aliphatic carbocycles. The van der Waals surface area contributed by atoms with E-state index in [4.69, 9.17) is 33.0 Å². The second kappa shape index (κ2) is 3.46. The molecule has 0 amide bonds. The van der Waals surface area contributed by atoms with Crippen molar-refractivity contribution in [3.63, 3.8) is 0 Å². The van der Waals surface area contributed by atoms with Gasteiger partial charge in [0.2, 0.25) is 0 Å². The van der Waals surface area contributed by atoms with Crippen molar-refractivity contribution in [2.45, 2.75) is 12.7 Å². The number of fused-ring (bicyclic) bond motifs is 1. The Morgan fingerprint density at radius 3 is 2.92 bits per heavy atom. The second-order valence-electron chi connectivity index (χ2n) is 2.92. The first-order valence-electron chi connectivity index (χ1n) is 3.93. The molecular formula is C9H8Cl2O2. The quantitative estimate of drug-likeness (QED) is 0.786. The van der Waals surface area contributed by atoms with Gasteiger partial charge in [0, 0.05) is 5.56 Å². The maximum Gasteiger partial charge on any atom is 0.108 e. The molecule has 0 saturated carbocycles. The minimum atomic E-state index is -0.318. The van der Waals surface area contributed by atoms with Crippen molar-refractivity contribution in [1.29, 1.82) is 0 Å². The first kappa shape index (κ1) is 9.28. The van der Waals surface area contributed by atoms with E-state index in [2.05, 4.69) is 0 Å². The third-order valence-electron chi connectivity index (χ3n) is 2.15. The number of aliphatic hydroxyl groups is 1. The monoisotopic (exact) mass is 218 g/mol.